The lowest BCUT2D eigenvalue weighted by Gasteiger charge is -2.16. The van der Waals surface area contributed by atoms with Crippen molar-refractivity contribution in [2.75, 3.05) is 14.2 Å². The van der Waals surface area contributed by atoms with E-state index in [9.17, 15) is 9.59 Å². The van der Waals surface area contributed by atoms with Crippen LogP contribution in [0.2, 0.25) is 0 Å². The molecule has 34 heavy (non-hydrogen) atoms. The summed E-state index contributed by atoms with van der Waals surface area (Å²) < 4.78 is 13.9. The zero-order valence-corrected chi connectivity index (χ0v) is 20.8. The first-order valence-electron chi connectivity index (χ1n) is 11.5. The molecule has 1 aliphatic rings. The van der Waals surface area contributed by atoms with E-state index in [1.165, 1.54) is 16.6 Å². The number of thiophene rings is 1. The molecule has 0 radical (unpaired) electrons. The van der Waals surface area contributed by atoms with Crippen molar-refractivity contribution < 1.29 is 9.47 Å². The Morgan fingerprint density at radius 1 is 0.971 bits per heavy atom. The standard InChI is InChI=1S/C27H28N2O4S/c1-16-9-10-17(2)18(13-16)15-28-26-24(20-7-5-6-8-23(20)34-26)25(30)29(27(28)31)21-12-11-19(32-3)14-22(21)33-4/h9-14H,5-8,15H2,1-4H3. The molecule has 0 saturated heterocycles. The van der Waals surface area contributed by atoms with Gasteiger partial charge in [0.25, 0.3) is 5.56 Å². The first kappa shape index (κ1) is 22.5. The molecule has 7 heteroatoms. The smallest absolute Gasteiger partial charge is 0.337 e. The number of hydrogen-bond donors (Lipinski definition) is 0. The van der Waals surface area contributed by atoms with E-state index in [0.29, 0.717) is 29.1 Å². The summed E-state index contributed by atoms with van der Waals surface area (Å²) in [7, 11) is 3.10. The van der Waals surface area contributed by atoms with E-state index in [1.54, 1.807) is 41.2 Å². The maximum Gasteiger partial charge on any atom is 0.337 e. The minimum Gasteiger partial charge on any atom is -0.497 e. The van der Waals surface area contributed by atoms with E-state index in [1.807, 2.05) is 6.92 Å². The molecule has 5 rings (SSSR count). The first-order chi connectivity index (χ1) is 16.4. The average molecular weight is 477 g/mol. The molecule has 6 nitrogen and oxygen atoms in total. The van der Waals surface area contributed by atoms with Crippen molar-refractivity contribution in [2.45, 2.75) is 46.1 Å². The predicted octanol–water partition coefficient (Wildman–Crippen LogP) is 4.78. The number of methoxy groups -OCH3 is 2. The van der Waals surface area contributed by atoms with Gasteiger partial charge in [0.2, 0.25) is 0 Å². The Balaban J connectivity index is 1.85. The zero-order chi connectivity index (χ0) is 24.0. The average Bonchev–Trinajstić information content (AvgIpc) is 3.23. The van der Waals surface area contributed by atoms with Gasteiger partial charge in [0, 0.05) is 10.9 Å². The number of nitrogens with zero attached hydrogens (tertiary/aromatic N) is 2. The highest BCUT2D eigenvalue weighted by Gasteiger charge is 2.25. The Morgan fingerprint density at radius 2 is 1.76 bits per heavy atom. The first-order valence-corrected chi connectivity index (χ1v) is 12.3. The van der Waals surface area contributed by atoms with Crippen molar-refractivity contribution in [3.63, 3.8) is 0 Å². The summed E-state index contributed by atoms with van der Waals surface area (Å²) in [5, 5.41) is 0.669. The van der Waals surface area contributed by atoms with Crippen molar-refractivity contribution in [3.05, 3.63) is 84.4 Å². The maximum atomic E-state index is 14.0. The fourth-order valence-electron chi connectivity index (χ4n) is 4.83. The van der Waals surface area contributed by atoms with Gasteiger partial charge < -0.3 is 9.47 Å². The van der Waals surface area contributed by atoms with E-state index in [2.05, 4.69) is 25.1 Å². The molecule has 1 aliphatic carbocycles. The van der Waals surface area contributed by atoms with Crippen LogP contribution in [0.25, 0.3) is 15.9 Å². The molecule has 0 fully saturated rings. The van der Waals surface area contributed by atoms with Gasteiger partial charge in [-0.25, -0.2) is 9.36 Å². The maximum absolute atomic E-state index is 14.0. The van der Waals surface area contributed by atoms with Gasteiger partial charge in [-0.1, -0.05) is 23.8 Å². The molecule has 0 amide bonds. The van der Waals surface area contributed by atoms with Crippen LogP contribution in [0.1, 0.15) is 40.0 Å². The van der Waals surface area contributed by atoms with Gasteiger partial charge in [0.15, 0.2) is 0 Å². The lowest BCUT2D eigenvalue weighted by atomic mass is 9.97. The molecule has 0 atom stereocenters. The van der Waals surface area contributed by atoms with Crippen LogP contribution in [0, 0.1) is 13.8 Å². The Bertz CT molecular complexity index is 1530. The second-order valence-electron chi connectivity index (χ2n) is 8.87. The highest BCUT2D eigenvalue weighted by atomic mass is 32.1. The molecule has 4 aromatic rings. The highest BCUT2D eigenvalue weighted by Crippen LogP contribution is 2.35. The summed E-state index contributed by atoms with van der Waals surface area (Å²) in [5.41, 5.74) is 4.22. The molecule has 2 aromatic heterocycles. The lowest BCUT2D eigenvalue weighted by molar-refractivity contribution is 0.392. The molecule has 0 unspecified atom stereocenters. The largest absolute Gasteiger partial charge is 0.497 e. The Morgan fingerprint density at radius 3 is 2.53 bits per heavy atom. The normalized spacial score (nSPS) is 13.2. The van der Waals surface area contributed by atoms with Crippen LogP contribution in [-0.2, 0) is 19.4 Å². The topological polar surface area (TPSA) is 62.5 Å². The zero-order valence-electron chi connectivity index (χ0n) is 19.9. The van der Waals surface area contributed by atoms with Gasteiger partial charge in [-0.3, -0.25) is 9.36 Å². The summed E-state index contributed by atoms with van der Waals surface area (Å²) in [6.07, 6.45) is 3.99. The van der Waals surface area contributed by atoms with Crippen molar-refractivity contribution in [2.24, 2.45) is 0 Å². The molecule has 2 aromatic carbocycles. The van der Waals surface area contributed by atoms with E-state index >= 15 is 0 Å². The third-order valence-corrected chi connectivity index (χ3v) is 8.01. The minimum absolute atomic E-state index is 0.278. The number of fused-ring (bicyclic) bond motifs is 3. The van der Waals surface area contributed by atoms with Crippen LogP contribution in [0.5, 0.6) is 11.5 Å². The molecule has 176 valence electrons. The van der Waals surface area contributed by atoms with Crippen LogP contribution in [0.15, 0.2) is 46.0 Å². The molecule has 0 bridgehead atoms. The van der Waals surface area contributed by atoms with E-state index < -0.39 is 0 Å². The van der Waals surface area contributed by atoms with Crippen LogP contribution in [-0.4, -0.2) is 23.4 Å². The quantitative estimate of drug-likeness (QED) is 0.416. The second-order valence-corrected chi connectivity index (χ2v) is 9.95. The summed E-state index contributed by atoms with van der Waals surface area (Å²) in [4.78, 5) is 29.9. The SMILES string of the molecule is COc1ccc(-n2c(=O)c3c4c(sc3n(Cc3cc(C)ccc3C)c2=O)CCCC4)c(OC)c1. The summed E-state index contributed by atoms with van der Waals surface area (Å²) >= 11 is 1.60. The number of hydrogen-bond acceptors (Lipinski definition) is 5. The number of aryl methyl sites for hydroxylation is 4. The summed E-state index contributed by atoms with van der Waals surface area (Å²) in [6.45, 7) is 4.51. The van der Waals surface area contributed by atoms with Crippen molar-refractivity contribution in [1.29, 1.82) is 0 Å². The number of ether oxygens (including phenoxy) is 2. The predicted molar refractivity (Wildman–Crippen MR) is 136 cm³/mol. The molecule has 0 spiro atoms. The van der Waals surface area contributed by atoms with Gasteiger partial charge in [-0.15, -0.1) is 11.3 Å². The molecule has 0 aliphatic heterocycles. The number of rotatable bonds is 5. The Hall–Kier alpha value is -3.32. The fraction of sp³-hybridized carbons (Fsp3) is 0.333. The van der Waals surface area contributed by atoms with Crippen LogP contribution >= 0.6 is 11.3 Å². The van der Waals surface area contributed by atoms with E-state index in [-0.39, 0.29) is 11.2 Å². The fourth-order valence-corrected chi connectivity index (χ4v) is 6.20. The van der Waals surface area contributed by atoms with Crippen molar-refractivity contribution in [1.82, 2.24) is 9.13 Å². The summed E-state index contributed by atoms with van der Waals surface area (Å²) in [5.74, 6) is 1.01. The molecule has 0 N–H and O–H groups in total. The highest BCUT2D eigenvalue weighted by molar-refractivity contribution is 7.18. The Kier molecular flexibility index (Phi) is 5.81. The van der Waals surface area contributed by atoms with Crippen molar-refractivity contribution in [3.8, 4) is 17.2 Å². The van der Waals surface area contributed by atoms with Crippen LogP contribution in [0.4, 0.5) is 0 Å². The van der Waals surface area contributed by atoms with Gasteiger partial charge in [-0.2, -0.15) is 0 Å². The third kappa shape index (κ3) is 3.64. The number of benzene rings is 2. The van der Waals surface area contributed by atoms with Gasteiger partial charge >= 0.3 is 5.69 Å². The number of aromatic nitrogens is 2. The van der Waals surface area contributed by atoms with E-state index in [0.717, 1.165) is 52.8 Å². The van der Waals surface area contributed by atoms with Gasteiger partial charge in [0.05, 0.1) is 31.8 Å². The van der Waals surface area contributed by atoms with Crippen molar-refractivity contribution >= 4 is 21.6 Å². The molecule has 0 saturated carbocycles. The Labute approximate surface area is 202 Å². The third-order valence-electron chi connectivity index (χ3n) is 6.70. The summed E-state index contributed by atoms with van der Waals surface area (Å²) in [6, 6.07) is 11.4. The monoisotopic (exact) mass is 476 g/mol. The van der Waals surface area contributed by atoms with Crippen LogP contribution < -0.4 is 20.7 Å². The van der Waals surface area contributed by atoms with Crippen LogP contribution in [0.3, 0.4) is 0 Å². The van der Waals surface area contributed by atoms with Gasteiger partial charge in [0.1, 0.15) is 16.3 Å². The molecular formula is C27H28N2O4S. The van der Waals surface area contributed by atoms with Gasteiger partial charge in [-0.05, 0) is 68.4 Å². The van der Waals surface area contributed by atoms with E-state index in [4.69, 9.17) is 9.47 Å². The second kappa shape index (κ2) is 8.80. The molecule has 2 heterocycles. The molecular weight excluding hydrogens is 448 g/mol. The minimum atomic E-state index is -0.361. The lowest BCUT2D eigenvalue weighted by Crippen LogP contribution is -2.39.